The van der Waals surface area contributed by atoms with Gasteiger partial charge in [0.25, 0.3) is 0 Å². The van der Waals surface area contributed by atoms with Gasteiger partial charge in [-0.15, -0.1) is 0 Å². The number of hydrogen-bond donors (Lipinski definition) is 1. The SMILES string of the molecule is CCCCCCC1(CCCCCC)c2ccccc2-c2ccc(N(c3ccc(-c4ccc(Nc5cccc(-c6ccc7c(c6)CC7)c5)cc4)cc3)c3ccc(-c4ccc(C(C)(CC(C)C)c5ccc(-c6ccc(C)cc6)cc5)cc4)cc3)cc21. The summed E-state index contributed by atoms with van der Waals surface area (Å²) < 4.78 is 0. The van der Waals surface area contributed by atoms with Crippen molar-refractivity contribution in [2.45, 2.75) is 136 Å². The van der Waals surface area contributed by atoms with Crippen molar-refractivity contribution in [3.05, 3.63) is 269 Å². The number of fused-ring (bicyclic) bond motifs is 4. The zero-order valence-corrected chi connectivity index (χ0v) is 50.7. The zero-order chi connectivity index (χ0) is 57.6. The van der Waals surface area contributed by atoms with E-state index in [1.807, 2.05) is 0 Å². The van der Waals surface area contributed by atoms with E-state index in [1.165, 1.54) is 177 Å². The Morgan fingerprint density at radius 2 is 0.905 bits per heavy atom. The highest BCUT2D eigenvalue weighted by atomic mass is 15.1. The monoisotopic (exact) mass is 1100 g/mol. The molecule has 2 aliphatic rings. The van der Waals surface area contributed by atoms with Gasteiger partial charge in [-0.2, -0.15) is 0 Å². The summed E-state index contributed by atoms with van der Waals surface area (Å²) in [7, 11) is 0. The maximum absolute atomic E-state index is 3.69. The minimum atomic E-state index is -0.130. The average molecular weight is 1100 g/mol. The first-order chi connectivity index (χ1) is 41.1. The van der Waals surface area contributed by atoms with Gasteiger partial charge in [0.05, 0.1) is 0 Å². The van der Waals surface area contributed by atoms with Crippen LogP contribution in [0.15, 0.2) is 231 Å². The summed E-state index contributed by atoms with van der Waals surface area (Å²) in [4.78, 5) is 2.50. The molecule has 2 nitrogen and oxygen atoms in total. The van der Waals surface area contributed by atoms with Crippen molar-refractivity contribution < 1.29 is 0 Å². The minimum absolute atomic E-state index is 0.0166. The maximum Gasteiger partial charge on any atom is 0.0465 e. The summed E-state index contributed by atoms with van der Waals surface area (Å²) in [6.45, 7) is 13.9. The molecule has 0 spiro atoms. The molecule has 10 aromatic rings. The number of nitrogens with zero attached hydrogens (tertiary/aromatic N) is 1. The number of benzene rings is 10. The van der Waals surface area contributed by atoms with Crippen LogP contribution in [0.4, 0.5) is 28.4 Å². The molecule has 0 heterocycles. The normalized spacial score (nSPS) is 13.6. The van der Waals surface area contributed by atoms with Crippen LogP contribution in [0.25, 0.3) is 55.6 Å². The van der Waals surface area contributed by atoms with Crippen LogP contribution in [-0.2, 0) is 23.7 Å². The summed E-state index contributed by atoms with van der Waals surface area (Å²) in [5.41, 5.74) is 28.2. The fourth-order valence-corrected chi connectivity index (χ4v) is 14.1. The molecule has 0 amide bonds. The molecule has 0 saturated carbocycles. The molecule has 0 saturated heterocycles. The van der Waals surface area contributed by atoms with Crippen molar-refractivity contribution in [1.29, 1.82) is 0 Å². The van der Waals surface area contributed by atoms with E-state index >= 15 is 0 Å². The topological polar surface area (TPSA) is 15.3 Å². The van der Waals surface area contributed by atoms with Crippen LogP contribution in [0, 0.1) is 12.8 Å². The van der Waals surface area contributed by atoms with Crippen molar-refractivity contribution in [1.82, 2.24) is 0 Å². The largest absolute Gasteiger partial charge is 0.356 e. The third-order valence-corrected chi connectivity index (χ3v) is 18.8. The average Bonchev–Trinajstić information content (AvgIpc) is 2.06. The quantitative estimate of drug-likeness (QED) is 0.0642. The van der Waals surface area contributed by atoms with Crippen LogP contribution < -0.4 is 10.2 Å². The number of unbranched alkanes of at least 4 members (excludes halogenated alkanes) is 6. The fourth-order valence-electron chi connectivity index (χ4n) is 14.1. The third kappa shape index (κ3) is 11.7. The van der Waals surface area contributed by atoms with Crippen LogP contribution in [-0.4, -0.2) is 0 Å². The van der Waals surface area contributed by atoms with E-state index in [4.69, 9.17) is 0 Å². The highest BCUT2D eigenvalue weighted by Crippen LogP contribution is 2.56. The molecule has 0 aromatic heterocycles. The smallest absolute Gasteiger partial charge is 0.0465 e. The van der Waals surface area contributed by atoms with E-state index < -0.39 is 0 Å². The molecule has 84 heavy (non-hydrogen) atoms. The molecule has 10 aromatic carbocycles. The lowest BCUT2D eigenvalue weighted by Crippen LogP contribution is -2.26. The van der Waals surface area contributed by atoms with Gasteiger partial charge in [-0.1, -0.05) is 261 Å². The van der Waals surface area contributed by atoms with Crippen molar-refractivity contribution >= 4 is 28.4 Å². The summed E-state index contributed by atoms with van der Waals surface area (Å²) in [5.74, 6) is 0.534. The van der Waals surface area contributed by atoms with Crippen molar-refractivity contribution in [3.63, 3.8) is 0 Å². The number of aryl methyl sites for hydroxylation is 3. The van der Waals surface area contributed by atoms with Crippen LogP contribution in [0.2, 0.25) is 0 Å². The van der Waals surface area contributed by atoms with Crippen molar-refractivity contribution in [2.75, 3.05) is 10.2 Å². The molecule has 422 valence electrons. The molecule has 0 fully saturated rings. The van der Waals surface area contributed by atoms with Gasteiger partial charge in [-0.25, -0.2) is 0 Å². The fraction of sp³-hybridized carbons (Fsp3) is 0.268. The molecular weight excluding hydrogens is 1010 g/mol. The second kappa shape index (κ2) is 24.9. The Bertz CT molecular complexity index is 3820. The van der Waals surface area contributed by atoms with E-state index in [2.05, 4.69) is 282 Å². The van der Waals surface area contributed by atoms with Crippen molar-refractivity contribution in [3.8, 4) is 55.6 Å². The predicted octanol–water partition coefficient (Wildman–Crippen LogP) is 23.5. The van der Waals surface area contributed by atoms with Gasteiger partial charge >= 0.3 is 0 Å². The second-order valence-electron chi connectivity index (χ2n) is 25.1. The Hall–Kier alpha value is -8.20. The summed E-state index contributed by atoms with van der Waals surface area (Å²) in [6.07, 6.45) is 15.9. The van der Waals surface area contributed by atoms with E-state index in [0.717, 1.165) is 29.2 Å². The van der Waals surface area contributed by atoms with Crippen molar-refractivity contribution in [2.24, 2.45) is 5.92 Å². The third-order valence-electron chi connectivity index (χ3n) is 18.8. The Balaban J connectivity index is 0.860. The van der Waals surface area contributed by atoms with Gasteiger partial charge < -0.3 is 10.2 Å². The number of rotatable bonds is 23. The highest BCUT2D eigenvalue weighted by Gasteiger charge is 2.42. The first-order valence-electron chi connectivity index (χ1n) is 31.7. The minimum Gasteiger partial charge on any atom is -0.356 e. The van der Waals surface area contributed by atoms with Crippen LogP contribution >= 0.6 is 0 Å². The standard InChI is InChI=1S/C82H84N2/c1-7-9-11-15-52-82(53-16-12-10-8-2)79-21-14-13-20-77(79)78-51-50-76(56-80(78)82)84(75-48-38-65(39-49-75)63-34-44-72(45-35-63)83-73-19-17-18-67(55-73)69-29-27-66-26-28-68(66)54-69)74-46-36-64(37-47-74)62-32-42-71(43-33-62)81(6,57-58(3)4)70-40-30-61(31-41-70)60-24-22-59(5)23-25-60/h13-14,17-25,27,29-51,54-56,58,83H,7-12,15-16,26,28,52-53,57H2,1-6H3. The lowest BCUT2D eigenvalue weighted by molar-refractivity contribution is 0.401. The zero-order valence-electron chi connectivity index (χ0n) is 50.7. The van der Waals surface area contributed by atoms with Gasteiger partial charge in [0, 0.05) is 39.3 Å². The Labute approximate surface area is 502 Å². The van der Waals surface area contributed by atoms with Gasteiger partial charge in [-0.3, -0.25) is 0 Å². The maximum atomic E-state index is 3.69. The van der Waals surface area contributed by atoms with Crippen LogP contribution in [0.1, 0.15) is 144 Å². The van der Waals surface area contributed by atoms with E-state index in [9.17, 15) is 0 Å². The van der Waals surface area contributed by atoms with E-state index in [0.29, 0.717) is 5.92 Å². The van der Waals surface area contributed by atoms with Gasteiger partial charge in [0.15, 0.2) is 0 Å². The second-order valence-corrected chi connectivity index (χ2v) is 25.1. The van der Waals surface area contributed by atoms with Gasteiger partial charge in [0.1, 0.15) is 0 Å². The molecule has 0 bridgehead atoms. The van der Waals surface area contributed by atoms with Gasteiger partial charge in [-0.05, 0) is 195 Å². The lowest BCUT2D eigenvalue weighted by atomic mass is 9.70. The molecule has 12 rings (SSSR count). The number of nitrogens with one attached hydrogen (secondary N) is 1. The Kier molecular flexibility index (Phi) is 16.7. The molecule has 1 atom stereocenters. The van der Waals surface area contributed by atoms with E-state index in [-0.39, 0.29) is 10.8 Å². The first kappa shape index (κ1) is 56.3. The van der Waals surface area contributed by atoms with Crippen LogP contribution in [0.5, 0.6) is 0 Å². The van der Waals surface area contributed by atoms with E-state index in [1.54, 1.807) is 0 Å². The Morgan fingerprint density at radius 3 is 1.44 bits per heavy atom. The molecule has 1 N–H and O–H groups in total. The number of hydrogen-bond acceptors (Lipinski definition) is 2. The highest BCUT2D eigenvalue weighted by molar-refractivity contribution is 5.87. The molecule has 2 heteroatoms. The molecular formula is C82H84N2. The molecule has 0 aliphatic heterocycles. The van der Waals surface area contributed by atoms with Crippen LogP contribution in [0.3, 0.4) is 0 Å². The first-order valence-corrected chi connectivity index (χ1v) is 31.7. The van der Waals surface area contributed by atoms with Gasteiger partial charge in [0.2, 0.25) is 0 Å². The lowest BCUT2D eigenvalue weighted by Gasteiger charge is -2.34. The predicted molar refractivity (Wildman–Crippen MR) is 361 cm³/mol. The summed E-state index contributed by atoms with van der Waals surface area (Å²) in [5, 5.41) is 3.69. The molecule has 0 radical (unpaired) electrons. The number of anilines is 5. The molecule has 2 aliphatic carbocycles. The Morgan fingerprint density at radius 1 is 0.417 bits per heavy atom. The molecule has 1 unspecified atom stereocenters. The summed E-state index contributed by atoms with van der Waals surface area (Å²) in [6, 6.07) is 87.7. The summed E-state index contributed by atoms with van der Waals surface area (Å²) >= 11 is 0.